The van der Waals surface area contributed by atoms with Crippen LogP contribution in [0.25, 0.3) is 0 Å². The van der Waals surface area contributed by atoms with Crippen LogP contribution in [0.15, 0.2) is 83.8 Å². The van der Waals surface area contributed by atoms with Crippen LogP contribution in [-0.2, 0) is 10.0 Å². The third kappa shape index (κ3) is 5.30. The summed E-state index contributed by atoms with van der Waals surface area (Å²) in [7, 11) is -3.75. The number of aliphatic hydroxyl groups is 1. The van der Waals surface area contributed by atoms with E-state index in [9.17, 15) is 13.5 Å². The van der Waals surface area contributed by atoms with Crippen molar-refractivity contribution in [1.82, 2.24) is 4.72 Å². The summed E-state index contributed by atoms with van der Waals surface area (Å²) in [5.41, 5.74) is 0.578. The Kier molecular flexibility index (Phi) is 6.13. The first-order chi connectivity index (χ1) is 12.9. The van der Waals surface area contributed by atoms with E-state index in [-0.39, 0.29) is 11.4 Å². The number of halogens is 1. The molecule has 2 N–H and O–H groups in total. The highest BCUT2D eigenvalue weighted by Gasteiger charge is 2.17. The van der Waals surface area contributed by atoms with Crippen LogP contribution in [0.2, 0.25) is 5.02 Å². The molecule has 0 saturated carbocycles. The minimum absolute atomic E-state index is 0.0891. The second kappa shape index (κ2) is 8.54. The van der Waals surface area contributed by atoms with Gasteiger partial charge in [-0.15, -0.1) is 0 Å². The minimum atomic E-state index is -3.75. The fourth-order valence-corrected chi connectivity index (χ4v) is 3.55. The Morgan fingerprint density at radius 1 is 0.889 bits per heavy atom. The van der Waals surface area contributed by atoms with Crippen LogP contribution in [0.3, 0.4) is 0 Å². The molecule has 0 fully saturated rings. The Morgan fingerprint density at radius 3 is 2.11 bits per heavy atom. The molecule has 0 spiro atoms. The van der Waals surface area contributed by atoms with Gasteiger partial charge in [-0.2, -0.15) is 0 Å². The zero-order valence-corrected chi connectivity index (χ0v) is 15.8. The zero-order chi connectivity index (χ0) is 19.3. The largest absolute Gasteiger partial charge is 0.457 e. The summed E-state index contributed by atoms with van der Waals surface area (Å²) in [6, 6.07) is 21.8. The number of para-hydroxylation sites is 1. The molecule has 0 aliphatic heterocycles. The highest BCUT2D eigenvalue weighted by atomic mass is 35.5. The highest BCUT2D eigenvalue weighted by Crippen LogP contribution is 2.23. The van der Waals surface area contributed by atoms with E-state index in [1.165, 1.54) is 12.1 Å². The first kappa shape index (κ1) is 19.4. The molecule has 1 unspecified atom stereocenters. The predicted octanol–water partition coefficient (Wildman–Crippen LogP) is 4.14. The number of nitrogens with one attached hydrogen (secondary N) is 1. The van der Waals surface area contributed by atoms with Crippen molar-refractivity contribution in [2.75, 3.05) is 6.54 Å². The van der Waals surface area contributed by atoms with E-state index in [2.05, 4.69) is 4.72 Å². The summed E-state index contributed by atoms with van der Waals surface area (Å²) < 4.78 is 32.9. The van der Waals surface area contributed by atoms with Crippen LogP contribution in [0.5, 0.6) is 11.5 Å². The number of benzene rings is 3. The maximum atomic E-state index is 12.4. The average molecular weight is 404 g/mol. The Morgan fingerprint density at radius 2 is 1.48 bits per heavy atom. The number of rotatable bonds is 7. The molecular weight excluding hydrogens is 386 g/mol. The van der Waals surface area contributed by atoms with Gasteiger partial charge in [0.05, 0.1) is 11.0 Å². The molecule has 3 aromatic rings. The van der Waals surface area contributed by atoms with E-state index in [1.54, 1.807) is 36.4 Å². The molecule has 0 aliphatic carbocycles. The quantitative estimate of drug-likeness (QED) is 0.621. The van der Waals surface area contributed by atoms with Gasteiger partial charge in [-0.25, -0.2) is 13.1 Å². The van der Waals surface area contributed by atoms with Crippen LogP contribution in [0.4, 0.5) is 0 Å². The van der Waals surface area contributed by atoms with Gasteiger partial charge in [0.2, 0.25) is 10.0 Å². The topological polar surface area (TPSA) is 75.6 Å². The summed E-state index contributed by atoms with van der Waals surface area (Å²) in [6.45, 7) is -0.147. The van der Waals surface area contributed by atoms with E-state index < -0.39 is 16.1 Å². The lowest BCUT2D eigenvalue weighted by Gasteiger charge is -2.13. The Labute approximate surface area is 163 Å². The Bertz CT molecular complexity index is 975. The van der Waals surface area contributed by atoms with E-state index in [4.69, 9.17) is 16.3 Å². The molecule has 0 aromatic heterocycles. The molecule has 1 atom stereocenters. The van der Waals surface area contributed by atoms with Crippen molar-refractivity contribution in [1.29, 1.82) is 0 Å². The molecule has 0 bridgehead atoms. The summed E-state index contributed by atoms with van der Waals surface area (Å²) in [6.07, 6.45) is -0.974. The highest BCUT2D eigenvalue weighted by molar-refractivity contribution is 7.89. The SMILES string of the molecule is O=S(=O)(NCC(O)c1ccc(Cl)cc1)c1ccc(Oc2ccccc2)cc1. The van der Waals surface area contributed by atoms with Crippen molar-refractivity contribution in [3.05, 3.63) is 89.4 Å². The molecule has 5 nitrogen and oxygen atoms in total. The number of sulfonamides is 1. The summed E-state index contributed by atoms with van der Waals surface area (Å²) in [5, 5.41) is 10.7. The second-order valence-electron chi connectivity index (χ2n) is 5.81. The van der Waals surface area contributed by atoms with Crippen LogP contribution < -0.4 is 9.46 Å². The van der Waals surface area contributed by atoms with Crippen LogP contribution in [0.1, 0.15) is 11.7 Å². The van der Waals surface area contributed by atoms with E-state index in [0.29, 0.717) is 22.1 Å². The lowest BCUT2D eigenvalue weighted by molar-refractivity contribution is 0.182. The lowest BCUT2D eigenvalue weighted by atomic mass is 10.1. The van der Waals surface area contributed by atoms with Crippen molar-refractivity contribution in [3.8, 4) is 11.5 Å². The van der Waals surface area contributed by atoms with Gasteiger partial charge in [0.25, 0.3) is 0 Å². The normalized spacial score (nSPS) is 12.5. The molecule has 3 aromatic carbocycles. The maximum absolute atomic E-state index is 12.4. The molecule has 140 valence electrons. The third-order valence-corrected chi connectivity index (χ3v) is 5.53. The number of ether oxygens (including phenoxy) is 1. The molecule has 27 heavy (non-hydrogen) atoms. The van der Waals surface area contributed by atoms with Gasteiger partial charge < -0.3 is 9.84 Å². The number of aliphatic hydroxyl groups excluding tert-OH is 1. The molecule has 0 saturated heterocycles. The summed E-state index contributed by atoms with van der Waals surface area (Å²) >= 11 is 5.81. The van der Waals surface area contributed by atoms with Gasteiger partial charge in [0.1, 0.15) is 11.5 Å². The molecule has 0 heterocycles. The van der Waals surface area contributed by atoms with Gasteiger partial charge in [-0.3, -0.25) is 0 Å². The van der Waals surface area contributed by atoms with Gasteiger partial charge >= 0.3 is 0 Å². The van der Waals surface area contributed by atoms with E-state index >= 15 is 0 Å². The fraction of sp³-hybridized carbons (Fsp3) is 0.100. The van der Waals surface area contributed by atoms with Crippen LogP contribution in [0, 0.1) is 0 Å². The monoisotopic (exact) mass is 403 g/mol. The first-order valence-electron chi connectivity index (χ1n) is 8.20. The minimum Gasteiger partial charge on any atom is -0.457 e. The van der Waals surface area contributed by atoms with Crippen molar-refractivity contribution in [2.24, 2.45) is 0 Å². The molecule has 0 aliphatic rings. The third-order valence-electron chi connectivity index (χ3n) is 3.83. The second-order valence-corrected chi connectivity index (χ2v) is 8.01. The summed E-state index contributed by atoms with van der Waals surface area (Å²) in [4.78, 5) is 0.0891. The Balaban J connectivity index is 1.63. The van der Waals surface area contributed by atoms with Crippen molar-refractivity contribution in [3.63, 3.8) is 0 Å². The van der Waals surface area contributed by atoms with Crippen molar-refractivity contribution in [2.45, 2.75) is 11.0 Å². The molecular formula is C20H18ClNO4S. The number of hydrogen-bond donors (Lipinski definition) is 2. The molecule has 3 rings (SSSR count). The number of hydrogen-bond acceptors (Lipinski definition) is 4. The average Bonchev–Trinajstić information content (AvgIpc) is 2.68. The Hall–Kier alpha value is -2.38. The smallest absolute Gasteiger partial charge is 0.240 e. The predicted molar refractivity (Wildman–Crippen MR) is 105 cm³/mol. The van der Waals surface area contributed by atoms with Crippen molar-refractivity contribution < 1.29 is 18.3 Å². The van der Waals surface area contributed by atoms with Crippen LogP contribution in [-0.4, -0.2) is 20.1 Å². The van der Waals surface area contributed by atoms with Gasteiger partial charge in [0, 0.05) is 11.6 Å². The lowest BCUT2D eigenvalue weighted by Crippen LogP contribution is -2.28. The zero-order valence-electron chi connectivity index (χ0n) is 14.2. The molecule has 0 radical (unpaired) electrons. The molecule has 7 heteroatoms. The standard InChI is InChI=1S/C20H18ClNO4S/c21-16-8-6-15(7-9-16)20(23)14-22-27(24,25)19-12-10-18(11-13-19)26-17-4-2-1-3-5-17/h1-13,20,22-23H,14H2. The molecule has 0 amide bonds. The first-order valence-corrected chi connectivity index (χ1v) is 10.1. The maximum Gasteiger partial charge on any atom is 0.240 e. The van der Waals surface area contributed by atoms with Gasteiger partial charge in [-0.1, -0.05) is 41.9 Å². The van der Waals surface area contributed by atoms with Crippen LogP contribution >= 0.6 is 11.6 Å². The fourth-order valence-electron chi connectivity index (χ4n) is 2.39. The summed E-state index contributed by atoms with van der Waals surface area (Å²) in [5.74, 6) is 1.19. The van der Waals surface area contributed by atoms with E-state index in [0.717, 1.165) is 0 Å². The van der Waals surface area contributed by atoms with E-state index in [1.807, 2.05) is 30.3 Å². The van der Waals surface area contributed by atoms with Crippen molar-refractivity contribution >= 4 is 21.6 Å². The van der Waals surface area contributed by atoms with Gasteiger partial charge in [0.15, 0.2) is 0 Å². The van der Waals surface area contributed by atoms with Gasteiger partial charge in [-0.05, 0) is 54.1 Å².